The molecule has 0 bridgehead atoms. The Morgan fingerprint density at radius 3 is 2.50 bits per heavy atom. The van der Waals surface area contributed by atoms with Gasteiger partial charge in [-0.05, 0) is 22.6 Å². The number of hydrogen-bond acceptors (Lipinski definition) is 4. The SMILES string of the molecule is CNC(=O)[C@@]1(Cc2ccc(-c3cccs3)cc2)CN(C(=O)C(C)(C)C)CCO1. The van der Waals surface area contributed by atoms with Gasteiger partial charge in [0, 0.05) is 30.3 Å². The second-order valence-electron chi connectivity index (χ2n) is 8.25. The number of nitrogens with one attached hydrogen (secondary N) is 1. The van der Waals surface area contributed by atoms with Gasteiger partial charge in [-0.2, -0.15) is 0 Å². The first-order valence-corrected chi connectivity index (χ1v) is 10.4. The van der Waals surface area contributed by atoms with Crippen LogP contribution in [0.5, 0.6) is 0 Å². The summed E-state index contributed by atoms with van der Waals surface area (Å²) in [7, 11) is 1.61. The lowest BCUT2D eigenvalue weighted by Gasteiger charge is -2.43. The number of morpholine rings is 1. The van der Waals surface area contributed by atoms with E-state index in [1.165, 1.54) is 4.88 Å². The van der Waals surface area contributed by atoms with Crippen molar-refractivity contribution in [3.63, 3.8) is 0 Å². The summed E-state index contributed by atoms with van der Waals surface area (Å²) in [6.07, 6.45) is 0.422. The Hall–Kier alpha value is -2.18. The highest BCUT2D eigenvalue weighted by atomic mass is 32.1. The third-order valence-electron chi connectivity index (χ3n) is 5.00. The highest BCUT2D eigenvalue weighted by Crippen LogP contribution is 2.29. The highest BCUT2D eigenvalue weighted by molar-refractivity contribution is 7.13. The van der Waals surface area contributed by atoms with Crippen LogP contribution in [0.2, 0.25) is 0 Å². The molecular formula is C22H28N2O3S. The average Bonchev–Trinajstić information content (AvgIpc) is 3.21. The Labute approximate surface area is 170 Å². The molecule has 0 aliphatic carbocycles. The fourth-order valence-electron chi connectivity index (χ4n) is 3.54. The summed E-state index contributed by atoms with van der Waals surface area (Å²) in [6.45, 7) is 6.81. The number of likely N-dealkylation sites (N-methyl/N-ethyl adjacent to an activating group) is 1. The van der Waals surface area contributed by atoms with Gasteiger partial charge in [0.15, 0.2) is 5.60 Å². The molecule has 1 atom stereocenters. The largest absolute Gasteiger partial charge is 0.361 e. The quantitative estimate of drug-likeness (QED) is 0.856. The van der Waals surface area contributed by atoms with Crippen molar-refractivity contribution in [2.45, 2.75) is 32.8 Å². The maximum Gasteiger partial charge on any atom is 0.254 e. The molecule has 0 saturated carbocycles. The normalized spacial score (nSPS) is 20.1. The van der Waals surface area contributed by atoms with E-state index in [1.807, 2.05) is 39.0 Å². The fourth-order valence-corrected chi connectivity index (χ4v) is 4.28. The first-order valence-electron chi connectivity index (χ1n) is 9.53. The van der Waals surface area contributed by atoms with Crippen molar-refractivity contribution in [1.29, 1.82) is 0 Å². The van der Waals surface area contributed by atoms with Crippen molar-refractivity contribution in [3.8, 4) is 10.4 Å². The van der Waals surface area contributed by atoms with Crippen LogP contribution in [0.3, 0.4) is 0 Å². The number of benzene rings is 1. The van der Waals surface area contributed by atoms with Crippen LogP contribution in [-0.4, -0.2) is 49.1 Å². The highest BCUT2D eigenvalue weighted by Gasteiger charge is 2.45. The van der Waals surface area contributed by atoms with Crippen molar-refractivity contribution in [2.24, 2.45) is 5.41 Å². The van der Waals surface area contributed by atoms with Crippen molar-refractivity contribution < 1.29 is 14.3 Å². The number of amides is 2. The van der Waals surface area contributed by atoms with Crippen molar-refractivity contribution in [2.75, 3.05) is 26.7 Å². The predicted octanol–water partition coefficient (Wildman–Crippen LogP) is 3.35. The second kappa shape index (κ2) is 8.05. The van der Waals surface area contributed by atoms with Gasteiger partial charge in [-0.25, -0.2) is 0 Å². The standard InChI is InChI=1S/C22H28N2O3S/c1-21(2,3)20(26)24-11-12-27-22(15-24,19(25)23-4)14-16-7-9-17(10-8-16)18-6-5-13-28-18/h5-10,13H,11-12,14-15H2,1-4H3,(H,23,25)/t22-/m1/s1. The Morgan fingerprint density at radius 1 is 1.21 bits per heavy atom. The molecule has 2 amide bonds. The van der Waals surface area contributed by atoms with E-state index in [4.69, 9.17) is 4.74 Å². The molecular weight excluding hydrogens is 372 g/mol. The van der Waals surface area contributed by atoms with E-state index in [-0.39, 0.29) is 18.4 Å². The lowest BCUT2D eigenvalue weighted by molar-refractivity contribution is -0.169. The Bertz CT molecular complexity index is 824. The molecule has 150 valence electrons. The van der Waals surface area contributed by atoms with Gasteiger partial charge in [0.1, 0.15) is 0 Å². The summed E-state index contributed by atoms with van der Waals surface area (Å²) in [6, 6.07) is 12.3. The summed E-state index contributed by atoms with van der Waals surface area (Å²) in [4.78, 5) is 28.6. The van der Waals surface area contributed by atoms with E-state index in [2.05, 4.69) is 28.9 Å². The molecule has 0 unspecified atom stereocenters. The van der Waals surface area contributed by atoms with Crippen molar-refractivity contribution in [3.05, 3.63) is 47.3 Å². The first kappa shape index (κ1) is 20.6. The lowest BCUT2D eigenvalue weighted by atomic mass is 9.88. The zero-order valence-corrected chi connectivity index (χ0v) is 17.8. The molecule has 1 saturated heterocycles. The minimum absolute atomic E-state index is 0.0390. The molecule has 1 aromatic carbocycles. The van der Waals surface area contributed by atoms with E-state index in [1.54, 1.807) is 23.3 Å². The van der Waals surface area contributed by atoms with E-state index in [0.29, 0.717) is 19.6 Å². The molecule has 1 aliphatic rings. The van der Waals surface area contributed by atoms with Gasteiger partial charge in [-0.1, -0.05) is 51.1 Å². The van der Waals surface area contributed by atoms with Gasteiger partial charge < -0.3 is 15.0 Å². The minimum Gasteiger partial charge on any atom is -0.361 e. The van der Waals surface area contributed by atoms with Crippen LogP contribution >= 0.6 is 11.3 Å². The van der Waals surface area contributed by atoms with Crippen LogP contribution in [0.25, 0.3) is 10.4 Å². The fraction of sp³-hybridized carbons (Fsp3) is 0.455. The lowest BCUT2D eigenvalue weighted by Crippen LogP contribution is -2.62. The van der Waals surface area contributed by atoms with Crippen LogP contribution < -0.4 is 5.32 Å². The second-order valence-corrected chi connectivity index (χ2v) is 9.20. The summed E-state index contributed by atoms with van der Waals surface area (Å²) in [5.41, 5.74) is 0.600. The maximum absolute atomic E-state index is 12.8. The third kappa shape index (κ3) is 4.28. The predicted molar refractivity (Wildman–Crippen MR) is 112 cm³/mol. The van der Waals surface area contributed by atoms with E-state index >= 15 is 0 Å². The molecule has 1 aromatic heterocycles. The summed E-state index contributed by atoms with van der Waals surface area (Å²) in [5.74, 6) is -0.154. The van der Waals surface area contributed by atoms with Crippen LogP contribution in [0.1, 0.15) is 26.3 Å². The van der Waals surface area contributed by atoms with Gasteiger partial charge in [0.25, 0.3) is 5.91 Å². The summed E-state index contributed by atoms with van der Waals surface area (Å²) in [5, 5.41) is 4.78. The number of hydrogen-bond donors (Lipinski definition) is 1. The van der Waals surface area contributed by atoms with E-state index < -0.39 is 11.0 Å². The van der Waals surface area contributed by atoms with Crippen LogP contribution in [0, 0.1) is 5.41 Å². The molecule has 2 aromatic rings. The van der Waals surface area contributed by atoms with Gasteiger partial charge in [0.05, 0.1) is 13.2 Å². The first-order chi connectivity index (χ1) is 13.2. The number of ether oxygens (including phenoxy) is 1. The smallest absolute Gasteiger partial charge is 0.254 e. The number of rotatable bonds is 4. The van der Waals surface area contributed by atoms with Gasteiger partial charge in [0.2, 0.25) is 5.91 Å². The van der Waals surface area contributed by atoms with Gasteiger partial charge in [-0.15, -0.1) is 11.3 Å². The van der Waals surface area contributed by atoms with Crippen LogP contribution in [0.15, 0.2) is 41.8 Å². The molecule has 0 spiro atoms. The number of nitrogens with zero attached hydrogens (tertiary/aromatic N) is 1. The van der Waals surface area contributed by atoms with E-state index in [9.17, 15) is 9.59 Å². The van der Waals surface area contributed by atoms with Crippen LogP contribution in [-0.2, 0) is 20.7 Å². The minimum atomic E-state index is -1.07. The summed E-state index contributed by atoms with van der Waals surface area (Å²) >= 11 is 1.70. The molecule has 0 radical (unpaired) electrons. The number of carbonyl (C=O) groups is 2. The summed E-state index contributed by atoms with van der Waals surface area (Å²) < 4.78 is 6.01. The molecule has 5 nitrogen and oxygen atoms in total. The monoisotopic (exact) mass is 400 g/mol. The average molecular weight is 401 g/mol. The maximum atomic E-state index is 12.8. The molecule has 3 rings (SSSR count). The van der Waals surface area contributed by atoms with Crippen molar-refractivity contribution in [1.82, 2.24) is 10.2 Å². The molecule has 1 aliphatic heterocycles. The molecule has 1 fully saturated rings. The zero-order valence-electron chi connectivity index (χ0n) is 17.0. The van der Waals surface area contributed by atoms with Gasteiger partial charge in [-0.3, -0.25) is 9.59 Å². The topological polar surface area (TPSA) is 58.6 Å². The number of thiophene rings is 1. The third-order valence-corrected chi connectivity index (χ3v) is 5.92. The Balaban J connectivity index is 1.83. The zero-order chi connectivity index (χ0) is 20.4. The molecule has 2 heterocycles. The van der Waals surface area contributed by atoms with Crippen LogP contribution in [0.4, 0.5) is 0 Å². The Morgan fingerprint density at radius 2 is 1.93 bits per heavy atom. The molecule has 1 N–H and O–H groups in total. The Kier molecular flexibility index (Phi) is 5.91. The number of carbonyl (C=O) groups excluding carboxylic acids is 2. The molecule has 6 heteroatoms. The van der Waals surface area contributed by atoms with Crippen molar-refractivity contribution >= 4 is 23.2 Å². The molecule has 28 heavy (non-hydrogen) atoms. The van der Waals surface area contributed by atoms with Gasteiger partial charge >= 0.3 is 0 Å². The van der Waals surface area contributed by atoms with E-state index in [0.717, 1.165) is 11.1 Å².